The van der Waals surface area contributed by atoms with Crippen LogP contribution in [0.15, 0.2) is 42.5 Å². The zero-order chi connectivity index (χ0) is 23.2. The van der Waals surface area contributed by atoms with Crippen molar-refractivity contribution in [2.45, 2.75) is 31.6 Å². The minimum absolute atomic E-state index is 0.00641. The summed E-state index contributed by atoms with van der Waals surface area (Å²) in [6.07, 6.45) is 3.01. The molecule has 2 fully saturated rings. The fourth-order valence-electron chi connectivity index (χ4n) is 4.64. The maximum atomic E-state index is 13.1. The Kier molecular flexibility index (Phi) is 7.60. The van der Waals surface area contributed by atoms with Crippen LogP contribution in [0.2, 0.25) is 0 Å². The third-order valence-electron chi connectivity index (χ3n) is 6.60. The molecule has 0 aliphatic carbocycles. The lowest BCUT2D eigenvalue weighted by Crippen LogP contribution is -2.37. The number of likely N-dealkylation sites (tertiary alicyclic amines) is 1. The van der Waals surface area contributed by atoms with Crippen LogP contribution in [-0.2, 0) is 4.79 Å². The van der Waals surface area contributed by atoms with E-state index in [9.17, 15) is 14.0 Å². The van der Waals surface area contributed by atoms with Crippen molar-refractivity contribution in [3.05, 3.63) is 59.4 Å². The molecule has 176 valence electrons. The lowest BCUT2D eigenvalue weighted by Gasteiger charge is -2.31. The van der Waals surface area contributed by atoms with Crippen LogP contribution in [0.1, 0.15) is 47.5 Å². The van der Waals surface area contributed by atoms with E-state index in [1.165, 1.54) is 12.1 Å². The van der Waals surface area contributed by atoms with Crippen LogP contribution in [-0.4, -0.2) is 56.5 Å². The molecule has 2 aliphatic heterocycles. The Bertz CT molecular complexity index is 971. The summed E-state index contributed by atoms with van der Waals surface area (Å²) in [4.78, 5) is 26.5. The molecule has 2 saturated heterocycles. The first kappa shape index (κ1) is 23.2. The van der Waals surface area contributed by atoms with Gasteiger partial charge in [-0.05, 0) is 74.3 Å². The molecule has 0 unspecified atom stereocenters. The van der Waals surface area contributed by atoms with Crippen molar-refractivity contribution in [2.24, 2.45) is 5.92 Å². The van der Waals surface area contributed by atoms with Crippen LogP contribution >= 0.6 is 0 Å². The number of carbonyl (C=O) groups excluding carboxylic acids is 2. The summed E-state index contributed by atoms with van der Waals surface area (Å²) < 4.78 is 24.6. The lowest BCUT2D eigenvalue weighted by atomic mass is 9.89. The van der Waals surface area contributed by atoms with Gasteiger partial charge in [-0.1, -0.05) is 6.07 Å². The number of halogens is 1. The summed E-state index contributed by atoms with van der Waals surface area (Å²) in [5, 5.41) is 2.87. The number of hydrogen-bond donors (Lipinski definition) is 1. The summed E-state index contributed by atoms with van der Waals surface area (Å²) in [6, 6.07) is 11.7. The first-order valence-corrected chi connectivity index (χ1v) is 11.6. The van der Waals surface area contributed by atoms with E-state index in [1.807, 2.05) is 18.2 Å². The van der Waals surface area contributed by atoms with Gasteiger partial charge in [0, 0.05) is 36.9 Å². The molecule has 6 nitrogen and oxygen atoms in total. The molecule has 2 aromatic carbocycles. The number of methoxy groups -OCH3 is 1. The third kappa shape index (κ3) is 5.90. The molecule has 2 aliphatic rings. The van der Waals surface area contributed by atoms with E-state index in [-0.39, 0.29) is 29.3 Å². The molecular formula is C26H31FN2O4. The standard InChI is InChI=1S/C26H31FN2O4/c1-32-23-8-5-20(21-16-25(30)28-17-21)15-24(23)33-14-2-11-29-12-9-19(10-13-29)26(31)18-3-6-22(27)7-4-18/h3-8,15,19,21H,2,9-14,16-17H2,1H3,(H,28,30)/t21-/m1/s1. The second-order valence-corrected chi connectivity index (χ2v) is 8.80. The molecule has 1 atom stereocenters. The van der Waals surface area contributed by atoms with Crippen molar-refractivity contribution in [3.8, 4) is 11.5 Å². The highest BCUT2D eigenvalue weighted by molar-refractivity contribution is 5.97. The molecular weight excluding hydrogens is 423 g/mol. The number of nitrogens with one attached hydrogen (secondary N) is 1. The van der Waals surface area contributed by atoms with E-state index in [2.05, 4.69) is 10.2 Å². The molecule has 4 rings (SSSR count). The number of Topliss-reactive ketones (excluding diaryl/α,β-unsaturated/α-hetero) is 1. The SMILES string of the molecule is COc1ccc([C@H]2CNC(=O)C2)cc1OCCCN1CCC(C(=O)c2ccc(F)cc2)CC1. The second-order valence-electron chi connectivity index (χ2n) is 8.80. The molecule has 2 heterocycles. The van der Waals surface area contributed by atoms with Gasteiger partial charge in [0.15, 0.2) is 17.3 Å². The Morgan fingerprint density at radius 3 is 2.55 bits per heavy atom. The van der Waals surface area contributed by atoms with Gasteiger partial charge in [-0.2, -0.15) is 0 Å². The molecule has 0 aromatic heterocycles. The van der Waals surface area contributed by atoms with Crippen LogP contribution in [0.4, 0.5) is 4.39 Å². The Morgan fingerprint density at radius 1 is 1.12 bits per heavy atom. The van der Waals surface area contributed by atoms with Gasteiger partial charge < -0.3 is 19.7 Å². The van der Waals surface area contributed by atoms with E-state index in [0.717, 1.165) is 44.5 Å². The number of ketones is 1. The first-order valence-electron chi connectivity index (χ1n) is 11.6. The molecule has 0 bridgehead atoms. The number of piperidine rings is 1. The van der Waals surface area contributed by atoms with Gasteiger partial charge in [0.1, 0.15) is 5.82 Å². The van der Waals surface area contributed by atoms with E-state index in [1.54, 1.807) is 19.2 Å². The van der Waals surface area contributed by atoms with E-state index in [0.29, 0.717) is 36.6 Å². The van der Waals surface area contributed by atoms with Gasteiger partial charge in [-0.25, -0.2) is 4.39 Å². The van der Waals surface area contributed by atoms with Gasteiger partial charge in [0.2, 0.25) is 5.91 Å². The van der Waals surface area contributed by atoms with Gasteiger partial charge in [0.05, 0.1) is 13.7 Å². The summed E-state index contributed by atoms with van der Waals surface area (Å²) in [6.45, 7) is 3.87. The Balaban J connectivity index is 1.22. The zero-order valence-electron chi connectivity index (χ0n) is 19.0. The summed E-state index contributed by atoms with van der Waals surface area (Å²) in [5.41, 5.74) is 1.68. The zero-order valence-corrected chi connectivity index (χ0v) is 19.0. The number of carbonyl (C=O) groups is 2. The van der Waals surface area contributed by atoms with Crippen molar-refractivity contribution in [1.82, 2.24) is 10.2 Å². The van der Waals surface area contributed by atoms with Crippen LogP contribution < -0.4 is 14.8 Å². The second kappa shape index (κ2) is 10.8. The molecule has 0 saturated carbocycles. The molecule has 0 spiro atoms. The maximum absolute atomic E-state index is 13.1. The van der Waals surface area contributed by atoms with Gasteiger partial charge in [-0.15, -0.1) is 0 Å². The van der Waals surface area contributed by atoms with Gasteiger partial charge in [-0.3, -0.25) is 9.59 Å². The Labute approximate surface area is 194 Å². The van der Waals surface area contributed by atoms with Crippen LogP contribution in [0.5, 0.6) is 11.5 Å². The predicted molar refractivity (Wildman–Crippen MR) is 123 cm³/mol. The van der Waals surface area contributed by atoms with Gasteiger partial charge in [0.25, 0.3) is 0 Å². The lowest BCUT2D eigenvalue weighted by molar-refractivity contribution is -0.119. The normalized spacial score (nSPS) is 19.3. The fourth-order valence-corrected chi connectivity index (χ4v) is 4.64. The topological polar surface area (TPSA) is 67.9 Å². The highest BCUT2D eigenvalue weighted by atomic mass is 19.1. The quantitative estimate of drug-likeness (QED) is 0.461. The number of hydrogen-bond acceptors (Lipinski definition) is 5. The van der Waals surface area contributed by atoms with Crippen molar-refractivity contribution in [3.63, 3.8) is 0 Å². The largest absolute Gasteiger partial charge is 0.493 e. The minimum atomic E-state index is -0.321. The van der Waals surface area contributed by atoms with Crippen molar-refractivity contribution < 1.29 is 23.5 Å². The minimum Gasteiger partial charge on any atom is -0.493 e. The highest BCUT2D eigenvalue weighted by Gasteiger charge is 2.26. The van der Waals surface area contributed by atoms with Crippen molar-refractivity contribution in [1.29, 1.82) is 0 Å². The average Bonchev–Trinajstić information content (AvgIpc) is 3.28. The molecule has 2 aromatic rings. The monoisotopic (exact) mass is 454 g/mol. The molecule has 33 heavy (non-hydrogen) atoms. The highest BCUT2D eigenvalue weighted by Crippen LogP contribution is 2.33. The number of benzene rings is 2. The fraction of sp³-hybridized carbons (Fsp3) is 0.462. The van der Waals surface area contributed by atoms with Crippen LogP contribution in [0.3, 0.4) is 0 Å². The average molecular weight is 455 g/mol. The third-order valence-corrected chi connectivity index (χ3v) is 6.60. The van der Waals surface area contributed by atoms with E-state index >= 15 is 0 Å². The predicted octanol–water partition coefficient (Wildman–Crippen LogP) is 3.80. The van der Waals surface area contributed by atoms with E-state index in [4.69, 9.17) is 9.47 Å². The number of ether oxygens (including phenoxy) is 2. The first-order chi connectivity index (χ1) is 16.0. The summed E-state index contributed by atoms with van der Waals surface area (Å²) >= 11 is 0. The summed E-state index contributed by atoms with van der Waals surface area (Å²) in [5.74, 6) is 1.45. The number of nitrogens with zero attached hydrogens (tertiary/aromatic N) is 1. The maximum Gasteiger partial charge on any atom is 0.220 e. The van der Waals surface area contributed by atoms with E-state index < -0.39 is 0 Å². The van der Waals surface area contributed by atoms with Crippen LogP contribution in [0, 0.1) is 11.7 Å². The van der Waals surface area contributed by atoms with Gasteiger partial charge >= 0.3 is 0 Å². The molecule has 0 radical (unpaired) electrons. The molecule has 1 amide bonds. The smallest absolute Gasteiger partial charge is 0.220 e. The number of amides is 1. The molecule has 7 heteroatoms. The number of rotatable bonds is 9. The van der Waals surface area contributed by atoms with Crippen LogP contribution in [0.25, 0.3) is 0 Å². The molecule has 1 N–H and O–H groups in total. The summed E-state index contributed by atoms with van der Waals surface area (Å²) in [7, 11) is 1.62. The Morgan fingerprint density at radius 2 is 1.88 bits per heavy atom. The Hall–Kier alpha value is -2.93. The van der Waals surface area contributed by atoms with Crippen molar-refractivity contribution in [2.75, 3.05) is 39.9 Å². The van der Waals surface area contributed by atoms with Crippen molar-refractivity contribution >= 4 is 11.7 Å².